The third-order valence-corrected chi connectivity index (χ3v) is 2.34. The van der Waals surface area contributed by atoms with E-state index in [-0.39, 0.29) is 5.92 Å². The highest BCUT2D eigenvalue weighted by molar-refractivity contribution is 5.88. The van der Waals surface area contributed by atoms with Gasteiger partial charge in [0.05, 0.1) is 6.10 Å². The van der Waals surface area contributed by atoms with Gasteiger partial charge in [0, 0.05) is 0 Å². The lowest BCUT2D eigenvalue weighted by atomic mass is 9.91. The van der Waals surface area contributed by atoms with Crippen molar-refractivity contribution in [2.45, 2.75) is 45.2 Å². The molecule has 0 aliphatic carbocycles. The van der Waals surface area contributed by atoms with Crippen LogP contribution in [0.3, 0.4) is 0 Å². The Morgan fingerprint density at radius 1 is 1.38 bits per heavy atom. The first-order valence-corrected chi connectivity index (χ1v) is 4.50. The highest BCUT2D eigenvalue weighted by Crippen LogP contribution is 2.21. The molecular formula is C9H16O4. The standard InChI is InChI=1S/C9H16O4/c1-4(2)9-8(12)7(11)6(10)5(3)13-9/h4-7,9-11H,1-3H3/t5?,6?,7-,9-/m0/s1. The van der Waals surface area contributed by atoms with Gasteiger partial charge in [-0.25, -0.2) is 0 Å². The molecule has 1 rings (SSSR count). The van der Waals surface area contributed by atoms with Gasteiger partial charge in [0.25, 0.3) is 0 Å². The molecule has 0 saturated carbocycles. The van der Waals surface area contributed by atoms with E-state index in [9.17, 15) is 15.0 Å². The van der Waals surface area contributed by atoms with Crippen LogP contribution in [0.5, 0.6) is 0 Å². The Bertz CT molecular complexity index is 202. The first-order chi connectivity index (χ1) is 5.95. The SMILES string of the molecule is CC1O[C@@H](C(C)C)C(=O)[C@@H](O)C1O. The first-order valence-electron chi connectivity index (χ1n) is 4.50. The minimum atomic E-state index is -1.30. The largest absolute Gasteiger partial charge is 0.387 e. The van der Waals surface area contributed by atoms with Crippen molar-refractivity contribution in [2.75, 3.05) is 0 Å². The van der Waals surface area contributed by atoms with Crippen LogP contribution in [0.15, 0.2) is 0 Å². The number of rotatable bonds is 1. The molecule has 1 aliphatic rings. The minimum Gasteiger partial charge on any atom is -0.387 e. The van der Waals surface area contributed by atoms with E-state index in [0.717, 1.165) is 0 Å². The quantitative estimate of drug-likeness (QED) is 0.594. The van der Waals surface area contributed by atoms with Gasteiger partial charge in [0.2, 0.25) is 0 Å². The van der Waals surface area contributed by atoms with Crippen LogP contribution in [0, 0.1) is 5.92 Å². The third-order valence-electron chi connectivity index (χ3n) is 2.34. The normalized spacial score (nSPS) is 41.2. The third kappa shape index (κ3) is 1.90. The Labute approximate surface area is 77.5 Å². The molecule has 1 fully saturated rings. The summed E-state index contributed by atoms with van der Waals surface area (Å²) in [4.78, 5) is 11.4. The summed E-state index contributed by atoms with van der Waals surface area (Å²) in [7, 11) is 0. The maximum Gasteiger partial charge on any atom is 0.192 e. The predicted molar refractivity (Wildman–Crippen MR) is 46.2 cm³/mol. The fourth-order valence-corrected chi connectivity index (χ4v) is 1.46. The van der Waals surface area contributed by atoms with Crippen LogP contribution in [0.1, 0.15) is 20.8 Å². The fraction of sp³-hybridized carbons (Fsp3) is 0.889. The van der Waals surface area contributed by atoms with Gasteiger partial charge in [-0.3, -0.25) is 4.79 Å². The molecule has 1 aliphatic heterocycles. The molecule has 13 heavy (non-hydrogen) atoms. The molecule has 4 nitrogen and oxygen atoms in total. The monoisotopic (exact) mass is 188 g/mol. The van der Waals surface area contributed by atoms with E-state index in [4.69, 9.17) is 4.74 Å². The Morgan fingerprint density at radius 2 is 1.92 bits per heavy atom. The van der Waals surface area contributed by atoms with E-state index in [1.807, 2.05) is 13.8 Å². The molecule has 4 heteroatoms. The molecule has 2 unspecified atom stereocenters. The molecule has 76 valence electrons. The summed E-state index contributed by atoms with van der Waals surface area (Å²) in [5.74, 6) is -0.391. The second kappa shape index (κ2) is 3.74. The summed E-state index contributed by atoms with van der Waals surface area (Å²) < 4.78 is 5.28. The van der Waals surface area contributed by atoms with Crippen molar-refractivity contribution in [1.82, 2.24) is 0 Å². The number of aliphatic hydroxyl groups is 2. The molecule has 0 aromatic heterocycles. The van der Waals surface area contributed by atoms with Gasteiger partial charge < -0.3 is 14.9 Å². The van der Waals surface area contributed by atoms with Gasteiger partial charge in [-0.15, -0.1) is 0 Å². The van der Waals surface area contributed by atoms with E-state index < -0.39 is 30.2 Å². The van der Waals surface area contributed by atoms with Crippen LogP contribution in [-0.2, 0) is 9.53 Å². The van der Waals surface area contributed by atoms with Crippen molar-refractivity contribution < 1.29 is 19.7 Å². The molecule has 0 spiro atoms. The summed E-state index contributed by atoms with van der Waals surface area (Å²) in [6.07, 6.45) is -3.47. The number of ketones is 1. The van der Waals surface area contributed by atoms with Gasteiger partial charge in [0.1, 0.15) is 18.3 Å². The van der Waals surface area contributed by atoms with E-state index in [0.29, 0.717) is 0 Å². The Hall–Kier alpha value is -0.450. The van der Waals surface area contributed by atoms with E-state index >= 15 is 0 Å². The van der Waals surface area contributed by atoms with Crippen LogP contribution < -0.4 is 0 Å². The molecule has 2 N–H and O–H groups in total. The van der Waals surface area contributed by atoms with Crippen LogP contribution in [0.4, 0.5) is 0 Å². The molecule has 1 saturated heterocycles. The average molecular weight is 188 g/mol. The van der Waals surface area contributed by atoms with E-state index in [1.54, 1.807) is 6.92 Å². The second-order valence-corrected chi connectivity index (χ2v) is 3.84. The number of Topliss-reactive ketones (excluding diaryl/α,β-unsaturated/α-hetero) is 1. The maximum absolute atomic E-state index is 11.4. The van der Waals surface area contributed by atoms with Crippen molar-refractivity contribution in [3.8, 4) is 0 Å². The van der Waals surface area contributed by atoms with Gasteiger partial charge in [-0.2, -0.15) is 0 Å². The van der Waals surface area contributed by atoms with Crippen LogP contribution >= 0.6 is 0 Å². The van der Waals surface area contributed by atoms with Crippen molar-refractivity contribution in [1.29, 1.82) is 0 Å². The minimum absolute atomic E-state index is 0.0251. The number of carbonyl (C=O) groups excluding carboxylic acids is 1. The molecule has 0 amide bonds. The van der Waals surface area contributed by atoms with Crippen molar-refractivity contribution in [2.24, 2.45) is 5.92 Å². The fourth-order valence-electron chi connectivity index (χ4n) is 1.46. The number of ether oxygens (including phenoxy) is 1. The zero-order chi connectivity index (χ0) is 10.2. The van der Waals surface area contributed by atoms with Gasteiger partial charge in [-0.05, 0) is 12.8 Å². The summed E-state index contributed by atoms with van der Waals surface area (Å²) in [6, 6.07) is 0. The highest BCUT2D eigenvalue weighted by atomic mass is 16.5. The van der Waals surface area contributed by atoms with Gasteiger partial charge in [0.15, 0.2) is 5.78 Å². The van der Waals surface area contributed by atoms with Gasteiger partial charge >= 0.3 is 0 Å². The van der Waals surface area contributed by atoms with Gasteiger partial charge in [-0.1, -0.05) is 13.8 Å². The summed E-state index contributed by atoms with van der Waals surface area (Å²) >= 11 is 0. The Morgan fingerprint density at radius 3 is 2.38 bits per heavy atom. The zero-order valence-corrected chi connectivity index (χ0v) is 8.10. The molecule has 4 atom stereocenters. The maximum atomic E-state index is 11.4. The first kappa shape index (κ1) is 10.6. The average Bonchev–Trinajstić information content (AvgIpc) is 2.07. The molecule has 1 heterocycles. The second-order valence-electron chi connectivity index (χ2n) is 3.84. The predicted octanol–water partition coefficient (Wildman–Crippen LogP) is -0.279. The van der Waals surface area contributed by atoms with Crippen molar-refractivity contribution in [3.05, 3.63) is 0 Å². The number of aliphatic hydroxyl groups excluding tert-OH is 2. The topological polar surface area (TPSA) is 66.8 Å². The zero-order valence-electron chi connectivity index (χ0n) is 8.10. The van der Waals surface area contributed by atoms with Crippen molar-refractivity contribution in [3.63, 3.8) is 0 Å². The molecule has 0 aromatic carbocycles. The number of hydrogen-bond donors (Lipinski definition) is 2. The number of hydrogen-bond acceptors (Lipinski definition) is 4. The molecule has 0 aromatic rings. The molecule has 0 radical (unpaired) electrons. The summed E-state index contributed by atoms with van der Waals surface area (Å²) in [6.45, 7) is 5.34. The van der Waals surface area contributed by atoms with E-state index in [1.165, 1.54) is 0 Å². The van der Waals surface area contributed by atoms with Crippen molar-refractivity contribution >= 4 is 5.78 Å². The van der Waals surface area contributed by atoms with E-state index in [2.05, 4.69) is 0 Å². The van der Waals surface area contributed by atoms with Crippen LogP contribution in [0.2, 0.25) is 0 Å². The van der Waals surface area contributed by atoms with Crippen LogP contribution in [0.25, 0.3) is 0 Å². The smallest absolute Gasteiger partial charge is 0.192 e. The molecular weight excluding hydrogens is 172 g/mol. The summed E-state index contributed by atoms with van der Waals surface area (Å²) in [5.41, 5.74) is 0. The lowest BCUT2D eigenvalue weighted by Gasteiger charge is -2.35. The summed E-state index contributed by atoms with van der Waals surface area (Å²) in [5, 5.41) is 18.7. The van der Waals surface area contributed by atoms with Crippen LogP contribution in [-0.4, -0.2) is 40.4 Å². The Balaban J connectivity index is 2.76. The number of carbonyl (C=O) groups is 1. The highest BCUT2D eigenvalue weighted by Gasteiger charge is 2.42. The lowest BCUT2D eigenvalue weighted by Crippen LogP contribution is -2.55. The Kier molecular flexibility index (Phi) is 3.05. The molecule has 0 bridgehead atoms. The lowest BCUT2D eigenvalue weighted by molar-refractivity contribution is -0.184.